The van der Waals surface area contributed by atoms with Crippen molar-refractivity contribution >= 4 is 10.2 Å². The molecular weight excluding hydrogens is 202 g/mol. The van der Waals surface area contributed by atoms with Gasteiger partial charge in [-0.1, -0.05) is 0 Å². The molecule has 0 aliphatic carbocycles. The first kappa shape index (κ1) is 11.9. The van der Waals surface area contributed by atoms with Crippen LogP contribution in [0.2, 0.25) is 0 Å². The third kappa shape index (κ3) is 3.20. The Bertz CT molecular complexity index is 260. The van der Waals surface area contributed by atoms with E-state index in [1.54, 1.807) is 0 Å². The van der Waals surface area contributed by atoms with E-state index >= 15 is 0 Å². The molecule has 0 aromatic heterocycles. The predicted octanol–water partition coefficient (Wildman–Crippen LogP) is -0.346. The molecule has 1 saturated heterocycles. The Morgan fingerprint density at radius 2 is 2.00 bits per heavy atom. The largest absolute Gasteiger partial charge is 0.330 e. The summed E-state index contributed by atoms with van der Waals surface area (Å²) in [6.07, 6.45) is 2.60. The van der Waals surface area contributed by atoms with Gasteiger partial charge < -0.3 is 5.73 Å². The zero-order valence-electron chi connectivity index (χ0n) is 8.57. The molecule has 1 rings (SSSR count). The number of rotatable bonds is 5. The summed E-state index contributed by atoms with van der Waals surface area (Å²) < 4.78 is 27.5. The highest BCUT2D eigenvalue weighted by Gasteiger charge is 2.25. The van der Waals surface area contributed by atoms with Crippen molar-refractivity contribution in [2.75, 3.05) is 19.6 Å². The summed E-state index contributed by atoms with van der Waals surface area (Å²) >= 11 is 0. The van der Waals surface area contributed by atoms with E-state index in [-0.39, 0.29) is 6.04 Å². The predicted molar refractivity (Wildman–Crippen MR) is 56.0 cm³/mol. The molecule has 1 aliphatic rings. The zero-order chi connectivity index (χ0) is 10.6. The van der Waals surface area contributed by atoms with Gasteiger partial charge in [0.2, 0.25) is 0 Å². The zero-order valence-corrected chi connectivity index (χ0v) is 9.39. The molecule has 1 heterocycles. The van der Waals surface area contributed by atoms with Crippen LogP contribution in [0.3, 0.4) is 0 Å². The van der Waals surface area contributed by atoms with Crippen molar-refractivity contribution in [3.8, 4) is 0 Å². The van der Waals surface area contributed by atoms with Gasteiger partial charge in [0.15, 0.2) is 0 Å². The van der Waals surface area contributed by atoms with Crippen LogP contribution in [0.4, 0.5) is 0 Å². The van der Waals surface area contributed by atoms with E-state index in [1.165, 1.54) is 4.31 Å². The first-order valence-electron chi connectivity index (χ1n) is 5.04. The topological polar surface area (TPSA) is 75.4 Å². The van der Waals surface area contributed by atoms with Gasteiger partial charge in [0.1, 0.15) is 0 Å². The smallest absolute Gasteiger partial charge is 0.279 e. The Kier molecular flexibility index (Phi) is 4.31. The summed E-state index contributed by atoms with van der Waals surface area (Å²) in [5.74, 6) is 0. The standard InChI is InChI=1S/C8H19N3O2S/c1-8(4-5-9)10-14(12,13)11-6-2-3-7-11/h8,10H,2-7,9H2,1H3. The maximum Gasteiger partial charge on any atom is 0.279 e. The monoisotopic (exact) mass is 221 g/mol. The van der Waals surface area contributed by atoms with Crippen LogP contribution in [-0.2, 0) is 10.2 Å². The summed E-state index contributed by atoms with van der Waals surface area (Å²) in [6.45, 7) is 3.62. The fraction of sp³-hybridized carbons (Fsp3) is 1.00. The summed E-state index contributed by atoms with van der Waals surface area (Å²) in [6, 6.07) is -0.0781. The van der Waals surface area contributed by atoms with Gasteiger partial charge in [-0.15, -0.1) is 0 Å². The van der Waals surface area contributed by atoms with E-state index in [9.17, 15) is 8.42 Å². The highest BCUT2D eigenvalue weighted by atomic mass is 32.2. The third-order valence-corrected chi connectivity index (χ3v) is 4.10. The quantitative estimate of drug-likeness (QED) is 0.666. The maximum atomic E-state index is 11.7. The third-order valence-electron chi connectivity index (χ3n) is 2.35. The first-order chi connectivity index (χ1) is 6.56. The van der Waals surface area contributed by atoms with E-state index in [0.29, 0.717) is 26.1 Å². The van der Waals surface area contributed by atoms with Crippen LogP contribution in [0.1, 0.15) is 26.2 Å². The molecule has 14 heavy (non-hydrogen) atoms. The second-order valence-corrected chi connectivity index (χ2v) is 5.41. The Balaban J connectivity index is 2.48. The normalized spacial score (nSPS) is 21.3. The van der Waals surface area contributed by atoms with E-state index in [4.69, 9.17) is 5.73 Å². The number of hydrogen-bond donors (Lipinski definition) is 2. The van der Waals surface area contributed by atoms with Crippen LogP contribution in [0.5, 0.6) is 0 Å². The van der Waals surface area contributed by atoms with Crippen molar-refractivity contribution in [3.05, 3.63) is 0 Å². The summed E-state index contributed by atoms with van der Waals surface area (Å²) in [5, 5.41) is 0. The van der Waals surface area contributed by atoms with E-state index < -0.39 is 10.2 Å². The summed E-state index contributed by atoms with van der Waals surface area (Å²) in [4.78, 5) is 0. The van der Waals surface area contributed by atoms with Crippen LogP contribution in [0.25, 0.3) is 0 Å². The molecule has 6 heteroatoms. The number of nitrogens with two attached hydrogens (primary N) is 1. The van der Waals surface area contributed by atoms with Crippen LogP contribution >= 0.6 is 0 Å². The lowest BCUT2D eigenvalue weighted by molar-refractivity contribution is 0.452. The lowest BCUT2D eigenvalue weighted by Gasteiger charge is -2.19. The van der Waals surface area contributed by atoms with Gasteiger partial charge in [0, 0.05) is 19.1 Å². The molecule has 84 valence electrons. The molecule has 1 fully saturated rings. The highest BCUT2D eigenvalue weighted by molar-refractivity contribution is 7.87. The van der Waals surface area contributed by atoms with Gasteiger partial charge >= 0.3 is 0 Å². The average molecular weight is 221 g/mol. The first-order valence-corrected chi connectivity index (χ1v) is 6.48. The molecular formula is C8H19N3O2S. The SMILES string of the molecule is CC(CCN)NS(=O)(=O)N1CCCC1. The van der Waals surface area contributed by atoms with Crippen LogP contribution in [0, 0.1) is 0 Å². The molecule has 1 atom stereocenters. The van der Waals surface area contributed by atoms with E-state index in [2.05, 4.69) is 4.72 Å². The Labute approximate surface area is 85.8 Å². The minimum atomic E-state index is -3.25. The number of nitrogens with zero attached hydrogens (tertiary/aromatic N) is 1. The van der Waals surface area contributed by atoms with Crippen LogP contribution in [-0.4, -0.2) is 38.4 Å². The minimum absolute atomic E-state index is 0.0781. The average Bonchev–Trinajstić information content (AvgIpc) is 2.54. The van der Waals surface area contributed by atoms with Crippen molar-refractivity contribution in [2.45, 2.75) is 32.2 Å². The maximum absolute atomic E-state index is 11.7. The minimum Gasteiger partial charge on any atom is -0.330 e. The molecule has 5 nitrogen and oxygen atoms in total. The van der Waals surface area contributed by atoms with Gasteiger partial charge in [-0.05, 0) is 32.7 Å². The van der Waals surface area contributed by atoms with Crippen molar-refractivity contribution in [3.63, 3.8) is 0 Å². The Hall–Kier alpha value is -0.170. The molecule has 0 amide bonds. The van der Waals surface area contributed by atoms with Crippen molar-refractivity contribution < 1.29 is 8.42 Å². The van der Waals surface area contributed by atoms with Gasteiger partial charge in [-0.3, -0.25) is 0 Å². The van der Waals surface area contributed by atoms with E-state index in [1.807, 2.05) is 6.92 Å². The second kappa shape index (κ2) is 5.06. The fourth-order valence-electron chi connectivity index (χ4n) is 1.57. The fourth-order valence-corrected chi connectivity index (χ4v) is 3.08. The van der Waals surface area contributed by atoms with Gasteiger partial charge in [-0.25, -0.2) is 0 Å². The van der Waals surface area contributed by atoms with Crippen molar-refractivity contribution in [1.29, 1.82) is 0 Å². The summed E-state index contributed by atoms with van der Waals surface area (Å²) in [5.41, 5.74) is 5.35. The molecule has 0 saturated carbocycles. The lowest BCUT2D eigenvalue weighted by atomic mass is 10.3. The molecule has 0 radical (unpaired) electrons. The summed E-state index contributed by atoms with van der Waals surface area (Å²) in [7, 11) is -3.25. The molecule has 1 unspecified atom stereocenters. The van der Waals surface area contributed by atoms with Gasteiger partial charge in [0.05, 0.1) is 0 Å². The highest BCUT2D eigenvalue weighted by Crippen LogP contribution is 2.11. The van der Waals surface area contributed by atoms with Crippen molar-refractivity contribution in [1.82, 2.24) is 9.03 Å². The molecule has 0 bridgehead atoms. The number of nitrogens with one attached hydrogen (secondary N) is 1. The number of hydrogen-bond acceptors (Lipinski definition) is 3. The molecule has 0 spiro atoms. The van der Waals surface area contributed by atoms with Gasteiger partial charge in [0.25, 0.3) is 10.2 Å². The lowest BCUT2D eigenvalue weighted by Crippen LogP contribution is -2.43. The van der Waals surface area contributed by atoms with Crippen LogP contribution in [0.15, 0.2) is 0 Å². The Morgan fingerprint density at radius 1 is 1.43 bits per heavy atom. The molecule has 0 aromatic rings. The van der Waals surface area contributed by atoms with Gasteiger partial charge in [-0.2, -0.15) is 17.4 Å². The second-order valence-electron chi connectivity index (χ2n) is 3.71. The molecule has 1 aliphatic heterocycles. The molecule has 0 aromatic carbocycles. The van der Waals surface area contributed by atoms with Crippen molar-refractivity contribution in [2.24, 2.45) is 5.73 Å². The van der Waals surface area contributed by atoms with E-state index in [0.717, 1.165) is 12.8 Å². The Morgan fingerprint density at radius 3 is 2.50 bits per heavy atom. The van der Waals surface area contributed by atoms with Crippen LogP contribution < -0.4 is 10.5 Å². The molecule has 3 N–H and O–H groups in total.